The minimum atomic E-state index is -4.40. The topological polar surface area (TPSA) is 20.3 Å². The van der Waals surface area contributed by atoms with Gasteiger partial charge in [0.15, 0.2) is 0 Å². The average Bonchev–Trinajstić information content (AvgIpc) is 3.31. The van der Waals surface area contributed by atoms with Gasteiger partial charge in [0.1, 0.15) is 0 Å². The van der Waals surface area contributed by atoms with Crippen LogP contribution in [0.5, 0.6) is 0 Å². The summed E-state index contributed by atoms with van der Waals surface area (Å²) in [6, 6.07) is 30.3. The Morgan fingerprint density at radius 1 is 0.743 bits per heavy atom. The number of amides is 1. The monoisotopic (exact) mass is 471 g/mol. The van der Waals surface area contributed by atoms with Crippen LogP contribution in [-0.4, -0.2) is 16.8 Å². The van der Waals surface area contributed by atoms with Crippen LogP contribution in [0.2, 0.25) is 0 Å². The molecule has 5 heteroatoms. The number of hydrogen-bond acceptors (Lipinski definition) is 1. The lowest BCUT2D eigenvalue weighted by molar-refractivity contribution is -0.137. The van der Waals surface area contributed by atoms with Crippen LogP contribution in [0.1, 0.15) is 32.6 Å². The Kier molecular flexibility index (Phi) is 6.16. The van der Waals surface area contributed by atoms with E-state index in [-0.39, 0.29) is 11.9 Å². The van der Waals surface area contributed by atoms with Gasteiger partial charge in [0.25, 0.3) is 5.91 Å². The van der Waals surface area contributed by atoms with Gasteiger partial charge >= 0.3 is 6.18 Å². The standard InChI is InChI=1S/C30H24F3NO/c31-30(32,33)25-16-14-22(15-17-25)27-12-6-7-13-28(27)29(35)34(20-21-8-2-1-3-9-21)26-18-23-10-4-5-11-24(23)19-26/h1-17,26H,18-20H2. The molecule has 176 valence electrons. The predicted molar refractivity (Wildman–Crippen MR) is 131 cm³/mol. The molecule has 1 aliphatic rings. The molecule has 0 aliphatic heterocycles. The molecule has 2 nitrogen and oxygen atoms in total. The molecule has 1 aliphatic carbocycles. The maximum Gasteiger partial charge on any atom is 0.416 e. The van der Waals surface area contributed by atoms with Crippen molar-refractivity contribution in [2.45, 2.75) is 31.6 Å². The zero-order valence-electron chi connectivity index (χ0n) is 19.0. The quantitative estimate of drug-likeness (QED) is 0.302. The van der Waals surface area contributed by atoms with Gasteiger partial charge in [-0.25, -0.2) is 0 Å². The Balaban J connectivity index is 1.50. The molecule has 0 aromatic heterocycles. The number of carbonyl (C=O) groups excluding carboxylic acids is 1. The molecule has 0 bridgehead atoms. The van der Waals surface area contributed by atoms with Crippen molar-refractivity contribution in [2.24, 2.45) is 0 Å². The van der Waals surface area contributed by atoms with Crippen LogP contribution in [0.3, 0.4) is 0 Å². The van der Waals surface area contributed by atoms with Crippen LogP contribution >= 0.6 is 0 Å². The molecule has 5 rings (SSSR count). The molecule has 0 spiro atoms. The van der Waals surface area contributed by atoms with E-state index < -0.39 is 11.7 Å². The molecule has 0 heterocycles. The van der Waals surface area contributed by atoms with Crippen LogP contribution < -0.4 is 0 Å². The molecule has 35 heavy (non-hydrogen) atoms. The second-order valence-corrected chi connectivity index (χ2v) is 8.87. The minimum Gasteiger partial charge on any atom is -0.331 e. The molecule has 0 saturated heterocycles. The minimum absolute atomic E-state index is 0.000711. The maximum atomic E-state index is 14.1. The van der Waals surface area contributed by atoms with E-state index in [9.17, 15) is 18.0 Å². The molecular formula is C30H24F3NO. The highest BCUT2D eigenvalue weighted by Gasteiger charge is 2.32. The lowest BCUT2D eigenvalue weighted by atomic mass is 9.97. The smallest absolute Gasteiger partial charge is 0.331 e. The zero-order valence-corrected chi connectivity index (χ0v) is 19.0. The van der Waals surface area contributed by atoms with Gasteiger partial charge < -0.3 is 4.90 Å². The van der Waals surface area contributed by atoms with Crippen LogP contribution in [0, 0.1) is 0 Å². The molecule has 0 N–H and O–H groups in total. The molecule has 4 aromatic rings. The van der Waals surface area contributed by atoms with Crippen molar-refractivity contribution in [3.63, 3.8) is 0 Å². The number of nitrogens with zero attached hydrogens (tertiary/aromatic N) is 1. The van der Waals surface area contributed by atoms with E-state index in [4.69, 9.17) is 0 Å². The highest BCUT2D eigenvalue weighted by molar-refractivity contribution is 6.01. The summed E-state index contributed by atoms with van der Waals surface area (Å²) >= 11 is 0. The number of hydrogen-bond donors (Lipinski definition) is 0. The summed E-state index contributed by atoms with van der Waals surface area (Å²) in [5, 5.41) is 0. The highest BCUT2D eigenvalue weighted by atomic mass is 19.4. The van der Waals surface area contributed by atoms with E-state index in [1.807, 2.05) is 47.4 Å². The lowest BCUT2D eigenvalue weighted by Crippen LogP contribution is -2.40. The Hall–Kier alpha value is -3.86. The first-order valence-electron chi connectivity index (χ1n) is 11.6. The maximum absolute atomic E-state index is 14.1. The van der Waals surface area contributed by atoms with Gasteiger partial charge in [0.2, 0.25) is 0 Å². The molecule has 0 radical (unpaired) electrons. The fraction of sp³-hybridized carbons (Fsp3) is 0.167. The molecule has 4 aromatic carbocycles. The fourth-order valence-corrected chi connectivity index (χ4v) is 4.82. The normalized spacial score (nSPS) is 13.5. The van der Waals surface area contributed by atoms with Crippen molar-refractivity contribution in [2.75, 3.05) is 0 Å². The number of fused-ring (bicyclic) bond motifs is 1. The van der Waals surface area contributed by atoms with E-state index in [0.29, 0.717) is 23.2 Å². The Morgan fingerprint density at radius 3 is 1.94 bits per heavy atom. The Labute approximate surface area is 202 Å². The average molecular weight is 472 g/mol. The van der Waals surface area contributed by atoms with Crippen molar-refractivity contribution < 1.29 is 18.0 Å². The van der Waals surface area contributed by atoms with Gasteiger partial charge in [-0.05, 0) is 58.9 Å². The van der Waals surface area contributed by atoms with E-state index in [1.54, 1.807) is 24.3 Å². The first-order valence-corrected chi connectivity index (χ1v) is 11.6. The van der Waals surface area contributed by atoms with Crippen molar-refractivity contribution >= 4 is 5.91 Å². The van der Waals surface area contributed by atoms with Crippen LogP contribution in [0.4, 0.5) is 13.2 Å². The second-order valence-electron chi connectivity index (χ2n) is 8.87. The second kappa shape index (κ2) is 9.41. The number of carbonyl (C=O) groups is 1. The Bertz CT molecular complexity index is 1300. The number of rotatable bonds is 5. The zero-order chi connectivity index (χ0) is 24.4. The summed E-state index contributed by atoms with van der Waals surface area (Å²) in [7, 11) is 0. The molecule has 0 unspecified atom stereocenters. The molecule has 0 fully saturated rings. The third-order valence-electron chi connectivity index (χ3n) is 6.61. The van der Waals surface area contributed by atoms with Crippen LogP contribution in [0.15, 0.2) is 103 Å². The van der Waals surface area contributed by atoms with Gasteiger partial charge in [-0.3, -0.25) is 4.79 Å². The highest BCUT2D eigenvalue weighted by Crippen LogP contribution is 2.33. The largest absolute Gasteiger partial charge is 0.416 e. The number of halogens is 3. The van der Waals surface area contributed by atoms with Crippen molar-refractivity contribution in [3.8, 4) is 11.1 Å². The van der Waals surface area contributed by atoms with E-state index in [0.717, 1.165) is 30.5 Å². The summed E-state index contributed by atoms with van der Waals surface area (Å²) in [6.07, 6.45) is -2.85. The third-order valence-corrected chi connectivity index (χ3v) is 6.61. The summed E-state index contributed by atoms with van der Waals surface area (Å²) < 4.78 is 39.2. The van der Waals surface area contributed by atoms with Crippen molar-refractivity contribution in [1.82, 2.24) is 4.90 Å². The summed E-state index contributed by atoms with van der Waals surface area (Å²) in [5.41, 5.74) is 4.51. The number of alkyl halides is 3. The molecule has 0 atom stereocenters. The van der Waals surface area contributed by atoms with E-state index in [2.05, 4.69) is 12.1 Å². The molecule has 0 saturated carbocycles. The van der Waals surface area contributed by atoms with E-state index >= 15 is 0 Å². The van der Waals surface area contributed by atoms with E-state index in [1.165, 1.54) is 23.3 Å². The summed E-state index contributed by atoms with van der Waals surface area (Å²) in [4.78, 5) is 16.0. The summed E-state index contributed by atoms with van der Waals surface area (Å²) in [6.45, 7) is 0.458. The van der Waals surface area contributed by atoms with Gasteiger partial charge in [-0.1, -0.05) is 84.9 Å². The SMILES string of the molecule is O=C(c1ccccc1-c1ccc(C(F)(F)F)cc1)N(Cc1ccccc1)C1Cc2ccccc2C1. The first-order chi connectivity index (χ1) is 16.9. The fourth-order valence-electron chi connectivity index (χ4n) is 4.82. The third kappa shape index (κ3) is 4.85. The Morgan fingerprint density at radius 2 is 1.31 bits per heavy atom. The lowest BCUT2D eigenvalue weighted by Gasteiger charge is -2.30. The molecule has 1 amide bonds. The van der Waals surface area contributed by atoms with Crippen LogP contribution in [0.25, 0.3) is 11.1 Å². The van der Waals surface area contributed by atoms with Gasteiger partial charge in [0, 0.05) is 18.2 Å². The van der Waals surface area contributed by atoms with Gasteiger partial charge in [-0.2, -0.15) is 13.2 Å². The van der Waals surface area contributed by atoms with Crippen molar-refractivity contribution in [1.29, 1.82) is 0 Å². The van der Waals surface area contributed by atoms with Gasteiger partial charge in [-0.15, -0.1) is 0 Å². The van der Waals surface area contributed by atoms with Crippen molar-refractivity contribution in [3.05, 3.63) is 131 Å². The predicted octanol–water partition coefficient (Wildman–Crippen LogP) is 7.18. The summed E-state index contributed by atoms with van der Waals surface area (Å²) in [5.74, 6) is -0.123. The number of benzene rings is 4. The van der Waals surface area contributed by atoms with Crippen LogP contribution in [-0.2, 0) is 25.6 Å². The first kappa shape index (κ1) is 22.9. The molecular weight excluding hydrogens is 447 g/mol. The van der Waals surface area contributed by atoms with Gasteiger partial charge in [0.05, 0.1) is 5.56 Å².